The van der Waals surface area contributed by atoms with Crippen LogP contribution in [-0.4, -0.2) is 0 Å². The van der Waals surface area contributed by atoms with E-state index in [9.17, 15) is 0 Å². The minimum atomic E-state index is -0.383. The Morgan fingerprint density at radius 2 is 1.78 bits per heavy atom. The number of rotatable bonds is 0. The lowest BCUT2D eigenvalue weighted by molar-refractivity contribution is -0.726. The highest BCUT2D eigenvalue weighted by atomic mass is 19.1. The number of allylic oxidation sites excluding steroid dienone is 1. The third kappa shape index (κ3) is 1.30. The van der Waals surface area contributed by atoms with E-state index >= 15 is 4.39 Å². The highest BCUT2D eigenvalue weighted by Gasteiger charge is 2.78. The van der Waals surface area contributed by atoms with Gasteiger partial charge in [0.25, 0.3) is 0 Å². The van der Waals surface area contributed by atoms with Gasteiger partial charge in [0.15, 0.2) is 6.20 Å². The van der Waals surface area contributed by atoms with E-state index in [1.165, 1.54) is 33.2 Å². The first-order chi connectivity index (χ1) is 12.7. The van der Waals surface area contributed by atoms with Crippen LogP contribution in [0.1, 0.15) is 49.9 Å². The zero-order valence-corrected chi connectivity index (χ0v) is 16.5. The smallest absolute Gasteiger partial charge is 0.206 e. The van der Waals surface area contributed by atoms with Gasteiger partial charge in [-0.05, 0) is 35.9 Å². The predicted molar refractivity (Wildman–Crippen MR) is 107 cm³/mol. The summed E-state index contributed by atoms with van der Waals surface area (Å²) in [5.74, 6) is -0.0599. The predicted octanol–water partition coefficient (Wildman–Crippen LogP) is 5.44. The summed E-state index contributed by atoms with van der Waals surface area (Å²) in [4.78, 5) is 0. The number of aryl methyl sites for hydroxylation is 1. The van der Waals surface area contributed by atoms with Crippen molar-refractivity contribution < 1.29 is 8.96 Å². The zero-order valence-electron chi connectivity index (χ0n) is 16.5. The molecule has 2 atom stereocenters. The number of nitrogens with zero attached hydrogens (tertiary/aromatic N) is 1. The van der Waals surface area contributed by atoms with Crippen LogP contribution in [0, 0.1) is 12.7 Å². The van der Waals surface area contributed by atoms with Crippen LogP contribution >= 0.6 is 0 Å². The Bertz CT molecular complexity index is 1270. The van der Waals surface area contributed by atoms with Crippen molar-refractivity contribution in [2.24, 2.45) is 0 Å². The third-order valence-corrected chi connectivity index (χ3v) is 8.08. The van der Waals surface area contributed by atoms with Crippen molar-refractivity contribution in [2.45, 2.75) is 51.0 Å². The average molecular weight is 356 g/mol. The maximum Gasteiger partial charge on any atom is 0.222 e. The van der Waals surface area contributed by atoms with Crippen LogP contribution in [0.5, 0.6) is 0 Å². The second kappa shape index (κ2) is 4.01. The van der Waals surface area contributed by atoms with Crippen molar-refractivity contribution in [2.75, 3.05) is 0 Å². The molecule has 1 aliphatic heterocycles. The van der Waals surface area contributed by atoms with Gasteiger partial charge in [0.05, 0.1) is 16.4 Å². The van der Waals surface area contributed by atoms with Crippen LogP contribution in [0.2, 0.25) is 0 Å². The van der Waals surface area contributed by atoms with E-state index in [4.69, 9.17) is 0 Å². The molecule has 2 unspecified atom stereocenters. The van der Waals surface area contributed by atoms with Gasteiger partial charge in [-0.15, -0.1) is 0 Å². The summed E-state index contributed by atoms with van der Waals surface area (Å²) in [5, 5.41) is 2.49. The van der Waals surface area contributed by atoms with Gasteiger partial charge in [-0.25, -0.2) is 4.39 Å². The maximum absolute atomic E-state index is 15.6. The van der Waals surface area contributed by atoms with Crippen molar-refractivity contribution in [3.05, 3.63) is 76.8 Å². The van der Waals surface area contributed by atoms with Crippen LogP contribution < -0.4 is 4.57 Å². The van der Waals surface area contributed by atoms with Gasteiger partial charge in [-0.1, -0.05) is 44.7 Å². The lowest BCUT2D eigenvalue weighted by Crippen LogP contribution is -2.54. The van der Waals surface area contributed by atoms with E-state index in [1.807, 2.05) is 6.92 Å². The Morgan fingerprint density at radius 3 is 2.52 bits per heavy atom. The van der Waals surface area contributed by atoms with Crippen LogP contribution in [-0.2, 0) is 16.4 Å². The lowest BCUT2D eigenvalue weighted by Gasteiger charge is -2.38. The van der Waals surface area contributed by atoms with E-state index in [0.29, 0.717) is 0 Å². The van der Waals surface area contributed by atoms with Crippen LogP contribution in [0.4, 0.5) is 4.39 Å². The summed E-state index contributed by atoms with van der Waals surface area (Å²) < 4.78 is 18.0. The summed E-state index contributed by atoms with van der Waals surface area (Å²) in [7, 11) is 0. The molecule has 1 nitrogen and oxygen atoms in total. The molecule has 0 radical (unpaired) electrons. The molecule has 3 aliphatic rings. The molecule has 0 bridgehead atoms. The highest BCUT2D eigenvalue weighted by molar-refractivity contribution is 6.02. The van der Waals surface area contributed by atoms with Gasteiger partial charge in [-0.2, -0.15) is 4.57 Å². The van der Waals surface area contributed by atoms with E-state index in [1.54, 1.807) is 0 Å². The number of pyridine rings is 1. The Balaban J connectivity index is 1.98. The Morgan fingerprint density at radius 1 is 1.04 bits per heavy atom. The van der Waals surface area contributed by atoms with Crippen LogP contribution in [0.15, 0.2) is 48.7 Å². The third-order valence-electron chi connectivity index (χ3n) is 8.08. The molecule has 2 heterocycles. The molecule has 1 aromatic heterocycles. The molecule has 3 aromatic rings. The largest absolute Gasteiger partial charge is 0.222 e. The number of hydrogen-bond acceptors (Lipinski definition) is 0. The first-order valence-electron chi connectivity index (χ1n) is 9.69. The van der Waals surface area contributed by atoms with E-state index < -0.39 is 0 Å². The summed E-state index contributed by atoms with van der Waals surface area (Å²) in [6.45, 7) is 15.2. The molecule has 2 aromatic carbocycles. The number of fused-ring (bicyclic) bond motifs is 3. The zero-order chi connectivity index (χ0) is 19.1. The molecular formula is C25H23FN+. The molecule has 0 N–H and O–H groups in total. The van der Waals surface area contributed by atoms with Gasteiger partial charge >= 0.3 is 0 Å². The monoisotopic (exact) mass is 356 g/mol. The number of hydrogen-bond donors (Lipinski definition) is 0. The highest BCUT2D eigenvalue weighted by Crippen LogP contribution is 2.69. The van der Waals surface area contributed by atoms with E-state index in [0.717, 1.165) is 16.7 Å². The first kappa shape index (κ1) is 15.6. The number of halogens is 1. The van der Waals surface area contributed by atoms with Gasteiger partial charge in [0, 0.05) is 29.5 Å². The molecule has 134 valence electrons. The Kier molecular flexibility index (Phi) is 2.31. The van der Waals surface area contributed by atoms with Crippen molar-refractivity contribution in [1.29, 1.82) is 0 Å². The molecule has 0 spiro atoms. The quantitative estimate of drug-likeness (QED) is 0.373. The molecular weight excluding hydrogens is 333 g/mol. The minimum Gasteiger partial charge on any atom is -0.206 e. The van der Waals surface area contributed by atoms with Gasteiger partial charge in [0.1, 0.15) is 5.82 Å². The summed E-state index contributed by atoms with van der Waals surface area (Å²) >= 11 is 0. The lowest BCUT2D eigenvalue weighted by atomic mass is 9.65. The molecule has 2 aliphatic carbocycles. The fourth-order valence-corrected chi connectivity index (χ4v) is 6.19. The normalized spacial score (nSPS) is 28.3. The fraction of sp³-hybridized carbons (Fsp3) is 0.320. The summed E-state index contributed by atoms with van der Waals surface area (Å²) in [6, 6.07) is 10.7. The Labute approximate surface area is 159 Å². The summed E-state index contributed by atoms with van der Waals surface area (Å²) in [6.07, 6.45) is 2.18. The standard InChI is InChI=1S/C25H23FN/c1-13-12-17-19-20(21(13)26)23(3,4)16-9-7-8-15-10-11-27(22(19)18(15)16)25(6)14(2)24(17,25)5/h7-12H,2H2,1,3-6H3/q+1. The number of benzene rings is 2. The van der Waals surface area contributed by atoms with E-state index in [-0.39, 0.29) is 22.2 Å². The second-order valence-corrected chi connectivity index (χ2v) is 9.41. The fourth-order valence-electron chi connectivity index (χ4n) is 6.19. The molecule has 1 saturated carbocycles. The molecule has 6 rings (SSSR count). The molecule has 0 saturated heterocycles. The maximum atomic E-state index is 15.6. The first-order valence-corrected chi connectivity index (χ1v) is 9.69. The topological polar surface area (TPSA) is 3.88 Å². The van der Waals surface area contributed by atoms with E-state index in [2.05, 4.69) is 75.4 Å². The molecule has 0 amide bonds. The van der Waals surface area contributed by atoms with Crippen molar-refractivity contribution in [3.63, 3.8) is 0 Å². The van der Waals surface area contributed by atoms with Gasteiger partial charge in [0.2, 0.25) is 11.2 Å². The SMILES string of the molecule is C=C1C2(C)c3cc(C)c(F)c4c3-c3c5c(cccc5cc[n+]3C12C)C4(C)C. The van der Waals surface area contributed by atoms with Crippen LogP contribution in [0.25, 0.3) is 22.0 Å². The molecule has 1 fully saturated rings. The molecule has 27 heavy (non-hydrogen) atoms. The van der Waals surface area contributed by atoms with Crippen molar-refractivity contribution in [3.8, 4) is 11.3 Å². The average Bonchev–Trinajstić information content (AvgIpc) is 3.09. The van der Waals surface area contributed by atoms with Crippen molar-refractivity contribution >= 4 is 10.8 Å². The van der Waals surface area contributed by atoms with Crippen molar-refractivity contribution in [1.82, 2.24) is 0 Å². The summed E-state index contributed by atoms with van der Waals surface area (Å²) in [5.41, 5.74) is 6.85. The van der Waals surface area contributed by atoms with Crippen LogP contribution in [0.3, 0.4) is 0 Å². The molecule has 2 heteroatoms. The minimum absolute atomic E-state index is 0.0599. The Hall–Kier alpha value is -2.48. The van der Waals surface area contributed by atoms with Gasteiger partial charge in [-0.3, -0.25) is 0 Å². The second-order valence-electron chi connectivity index (χ2n) is 9.41. The van der Waals surface area contributed by atoms with Gasteiger partial charge < -0.3 is 0 Å². The number of aromatic nitrogens is 1.